The summed E-state index contributed by atoms with van der Waals surface area (Å²) in [5, 5.41) is 9.23. The molecule has 2 amide bonds. The zero-order valence-electron chi connectivity index (χ0n) is 17.4. The van der Waals surface area contributed by atoms with Crippen LogP contribution in [-0.4, -0.2) is 61.9 Å². The highest BCUT2D eigenvalue weighted by atomic mass is 127. The number of amides is 2. The van der Waals surface area contributed by atoms with Crippen molar-refractivity contribution in [2.24, 2.45) is 10.9 Å². The average molecular weight is 515 g/mol. The van der Waals surface area contributed by atoms with Gasteiger partial charge in [-0.15, -0.1) is 24.0 Å². The molecule has 7 nitrogen and oxygen atoms in total. The minimum Gasteiger partial charge on any atom is -0.357 e. The van der Waals surface area contributed by atoms with E-state index in [2.05, 4.69) is 33.1 Å². The van der Waals surface area contributed by atoms with Crippen LogP contribution in [0.25, 0.3) is 0 Å². The van der Waals surface area contributed by atoms with E-state index in [1.54, 1.807) is 0 Å². The molecule has 0 radical (unpaired) electrons. The molecule has 1 heterocycles. The molecule has 1 fully saturated rings. The molecule has 0 spiro atoms. The topological polar surface area (TPSA) is 85.8 Å². The highest BCUT2D eigenvalue weighted by Gasteiger charge is 2.29. The van der Waals surface area contributed by atoms with Gasteiger partial charge in [-0.3, -0.25) is 9.59 Å². The van der Waals surface area contributed by atoms with Crippen LogP contribution in [0.1, 0.15) is 32.3 Å². The second-order valence-electron chi connectivity index (χ2n) is 7.07. The summed E-state index contributed by atoms with van der Waals surface area (Å²) in [6.45, 7) is 7.66. The quantitative estimate of drug-likeness (QED) is 0.252. The van der Waals surface area contributed by atoms with Gasteiger partial charge in [-0.05, 0) is 25.3 Å². The maximum Gasteiger partial charge on any atom is 0.241 e. The van der Waals surface area contributed by atoms with Gasteiger partial charge in [0, 0.05) is 45.1 Å². The second-order valence-corrected chi connectivity index (χ2v) is 7.07. The predicted octanol–water partition coefficient (Wildman–Crippen LogP) is 1.78. The highest BCUT2D eigenvalue weighted by molar-refractivity contribution is 14.0. The molecule has 162 valence electrons. The maximum atomic E-state index is 12.3. The summed E-state index contributed by atoms with van der Waals surface area (Å²) in [6, 6.07) is 10.2. The van der Waals surface area contributed by atoms with Crippen molar-refractivity contribution in [1.82, 2.24) is 20.9 Å². The number of aliphatic imine (C=N–C) groups is 1. The van der Waals surface area contributed by atoms with Gasteiger partial charge >= 0.3 is 0 Å². The lowest BCUT2D eigenvalue weighted by Gasteiger charge is -2.18. The maximum absolute atomic E-state index is 12.3. The first-order chi connectivity index (χ1) is 13.6. The van der Waals surface area contributed by atoms with Crippen LogP contribution in [-0.2, 0) is 16.0 Å². The molecule has 8 heteroatoms. The minimum atomic E-state index is -0.0813. The lowest BCUT2D eigenvalue weighted by Crippen LogP contribution is -2.41. The Kier molecular flexibility index (Phi) is 12.3. The van der Waals surface area contributed by atoms with E-state index in [-0.39, 0.29) is 48.3 Å². The number of hydrogen-bond donors (Lipinski definition) is 3. The fourth-order valence-electron chi connectivity index (χ4n) is 3.17. The van der Waals surface area contributed by atoms with Gasteiger partial charge in [0.05, 0.1) is 0 Å². The van der Waals surface area contributed by atoms with E-state index in [1.807, 2.05) is 36.9 Å². The molecule has 1 aromatic carbocycles. The molecule has 2 rings (SSSR count). The van der Waals surface area contributed by atoms with Crippen molar-refractivity contribution < 1.29 is 9.59 Å². The first kappa shape index (κ1) is 25.2. The molecule has 0 aromatic heterocycles. The van der Waals surface area contributed by atoms with Gasteiger partial charge in [0.25, 0.3) is 0 Å². The van der Waals surface area contributed by atoms with Crippen molar-refractivity contribution in [1.29, 1.82) is 0 Å². The molecule has 0 bridgehead atoms. The molecule has 1 unspecified atom stereocenters. The third-order valence-corrected chi connectivity index (χ3v) is 4.66. The fourth-order valence-corrected chi connectivity index (χ4v) is 3.17. The third kappa shape index (κ3) is 9.47. The van der Waals surface area contributed by atoms with Gasteiger partial charge in [0.2, 0.25) is 11.8 Å². The van der Waals surface area contributed by atoms with E-state index in [0.29, 0.717) is 25.5 Å². The van der Waals surface area contributed by atoms with E-state index >= 15 is 0 Å². The van der Waals surface area contributed by atoms with Crippen LogP contribution < -0.4 is 16.0 Å². The Balaban J connectivity index is 0.00000420. The van der Waals surface area contributed by atoms with Crippen molar-refractivity contribution in [3.63, 3.8) is 0 Å². The number of nitrogens with one attached hydrogen (secondary N) is 3. The van der Waals surface area contributed by atoms with Crippen LogP contribution in [0.2, 0.25) is 0 Å². The van der Waals surface area contributed by atoms with Crippen molar-refractivity contribution in [3.8, 4) is 0 Å². The smallest absolute Gasteiger partial charge is 0.241 e. The van der Waals surface area contributed by atoms with Crippen LogP contribution >= 0.6 is 24.0 Å². The number of likely N-dealkylation sites (tertiary alicyclic amines) is 1. The number of hydrogen-bond acceptors (Lipinski definition) is 3. The van der Waals surface area contributed by atoms with Gasteiger partial charge in [-0.25, -0.2) is 4.99 Å². The van der Waals surface area contributed by atoms with Crippen molar-refractivity contribution in [2.75, 3.05) is 39.3 Å². The molecule has 3 N–H and O–H groups in total. The van der Waals surface area contributed by atoms with Crippen LogP contribution in [0.5, 0.6) is 0 Å². The first-order valence-corrected chi connectivity index (χ1v) is 10.2. The summed E-state index contributed by atoms with van der Waals surface area (Å²) in [4.78, 5) is 30.3. The summed E-state index contributed by atoms with van der Waals surface area (Å²) in [7, 11) is 0. The van der Waals surface area contributed by atoms with Gasteiger partial charge in [-0.2, -0.15) is 0 Å². The monoisotopic (exact) mass is 515 g/mol. The molecule has 29 heavy (non-hydrogen) atoms. The molecule has 0 aliphatic carbocycles. The molecular formula is C21H34IN5O2. The lowest BCUT2D eigenvalue weighted by molar-refractivity contribution is -0.127. The Hall–Kier alpha value is -1.84. The number of carbonyl (C=O) groups is 2. The predicted molar refractivity (Wildman–Crippen MR) is 128 cm³/mol. The third-order valence-electron chi connectivity index (χ3n) is 4.66. The van der Waals surface area contributed by atoms with Gasteiger partial charge < -0.3 is 20.9 Å². The zero-order valence-corrected chi connectivity index (χ0v) is 19.8. The lowest BCUT2D eigenvalue weighted by atomic mass is 10.1. The summed E-state index contributed by atoms with van der Waals surface area (Å²) < 4.78 is 0. The van der Waals surface area contributed by atoms with Crippen LogP contribution in [0, 0.1) is 5.92 Å². The van der Waals surface area contributed by atoms with Gasteiger partial charge in [-0.1, -0.05) is 37.3 Å². The van der Waals surface area contributed by atoms with E-state index in [4.69, 9.17) is 0 Å². The number of guanidine groups is 1. The molecule has 1 aromatic rings. The van der Waals surface area contributed by atoms with E-state index in [1.165, 1.54) is 5.56 Å². The Morgan fingerprint density at radius 1 is 1.17 bits per heavy atom. The van der Waals surface area contributed by atoms with Gasteiger partial charge in [0.1, 0.15) is 6.54 Å². The zero-order chi connectivity index (χ0) is 20.2. The SMILES string of the molecule is CCCNC(=O)CN=C(NCC)NCC1CC(=O)N(CCc2ccccc2)C1.I. The Labute approximate surface area is 191 Å². The van der Waals surface area contributed by atoms with E-state index in [9.17, 15) is 9.59 Å². The molecule has 1 saturated heterocycles. The molecule has 1 aliphatic rings. The minimum absolute atomic E-state index is 0. The number of nitrogens with zero attached hydrogens (tertiary/aromatic N) is 2. The van der Waals surface area contributed by atoms with Crippen molar-refractivity contribution in [2.45, 2.75) is 33.1 Å². The summed E-state index contributed by atoms with van der Waals surface area (Å²) in [6.07, 6.45) is 2.34. The average Bonchev–Trinajstić information content (AvgIpc) is 3.07. The van der Waals surface area contributed by atoms with Crippen molar-refractivity contribution in [3.05, 3.63) is 35.9 Å². The van der Waals surface area contributed by atoms with E-state index < -0.39 is 0 Å². The fraction of sp³-hybridized carbons (Fsp3) is 0.571. The Morgan fingerprint density at radius 3 is 2.62 bits per heavy atom. The summed E-state index contributed by atoms with van der Waals surface area (Å²) in [5.74, 6) is 0.996. The number of halogens is 1. The molecule has 1 atom stereocenters. The Morgan fingerprint density at radius 2 is 1.93 bits per heavy atom. The number of rotatable bonds is 10. The number of benzene rings is 1. The summed E-state index contributed by atoms with van der Waals surface area (Å²) in [5.41, 5.74) is 1.25. The molecule has 0 saturated carbocycles. The standard InChI is InChI=1S/C21H33N5O2.HI/c1-3-11-23-19(27)15-25-21(22-4-2)24-14-18-13-20(28)26(16-18)12-10-17-8-6-5-7-9-17;/h5-9,18H,3-4,10-16H2,1-2H3,(H,23,27)(H2,22,24,25);1H. The second kappa shape index (κ2) is 14.2. The summed E-state index contributed by atoms with van der Waals surface area (Å²) >= 11 is 0. The van der Waals surface area contributed by atoms with Crippen LogP contribution in [0.4, 0.5) is 0 Å². The first-order valence-electron chi connectivity index (χ1n) is 10.2. The van der Waals surface area contributed by atoms with Crippen LogP contribution in [0.15, 0.2) is 35.3 Å². The van der Waals surface area contributed by atoms with Crippen molar-refractivity contribution >= 4 is 41.8 Å². The van der Waals surface area contributed by atoms with Crippen LogP contribution in [0.3, 0.4) is 0 Å². The normalized spacial score (nSPS) is 16.3. The Bertz CT molecular complexity index is 654. The molecule has 1 aliphatic heterocycles. The van der Waals surface area contributed by atoms with Gasteiger partial charge in [0.15, 0.2) is 5.96 Å². The number of carbonyl (C=O) groups excluding carboxylic acids is 2. The largest absolute Gasteiger partial charge is 0.357 e. The highest BCUT2D eigenvalue weighted by Crippen LogP contribution is 2.17. The molecular weight excluding hydrogens is 481 g/mol. The van der Waals surface area contributed by atoms with E-state index in [0.717, 1.165) is 32.5 Å².